The number of nitrogen functional groups attached to an aromatic ring is 1. The summed E-state index contributed by atoms with van der Waals surface area (Å²) in [6, 6.07) is 10.8. The summed E-state index contributed by atoms with van der Waals surface area (Å²) < 4.78 is 5.30. The van der Waals surface area contributed by atoms with Gasteiger partial charge in [-0.25, -0.2) is 9.97 Å². The van der Waals surface area contributed by atoms with Crippen LogP contribution in [-0.2, 0) is 11.2 Å². The molecule has 0 aliphatic carbocycles. The Hall–Kier alpha value is -2.51. The third-order valence-electron chi connectivity index (χ3n) is 4.14. The molecule has 0 saturated carbocycles. The fourth-order valence-electron chi connectivity index (χ4n) is 2.78. The Kier molecular flexibility index (Phi) is 6.59. The zero-order valence-corrected chi connectivity index (χ0v) is 17.2. The fourth-order valence-corrected chi connectivity index (χ4v) is 3.58. The third kappa shape index (κ3) is 4.85. The fraction of sp³-hybridized carbons (Fsp3) is 0.250. The average molecular weight is 417 g/mol. The van der Waals surface area contributed by atoms with Gasteiger partial charge in [0.05, 0.1) is 23.8 Å². The lowest BCUT2D eigenvalue weighted by Crippen LogP contribution is -2.28. The van der Waals surface area contributed by atoms with Crippen molar-refractivity contribution in [1.82, 2.24) is 15.3 Å². The standard InChI is InChI=1S/C20H21ClN4O2S/c1-3-15-18(13-6-8-14(21)9-7-13)19(22)25-20(24-15)28-11-17(26)23-12(2)16-5-4-10-27-16/h4-10,12H,3,11H2,1-2H3,(H,23,26)(H2,22,24,25)/t12-/m1/s1. The minimum absolute atomic E-state index is 0.129. The molecule has 0 spiro atoms. The molecule has 8 heteroatoms. The highest BCUT2D eigenvalue weighted by atomic mass is 35.5. The van der Waals surface area contributed by atoms with E-state index in [1.165, 1.54) is 11.8 Å². The molecule has 0 bridgehead atoms. The minimum atomic E-state index is -0.201. The number of thioether (sulfide) groups is 1. The number of hydrogen-bond donors (Lipinski definition) is 2. The molecule has 0 aliphatic heterocycles. The van der Waals surface area contributed by atoms with Gasteiger partial charge >= 0.3 is 0 Å². The zero-order chi connectivity index (χ0) is 20.1. The Balaban J connectivity index is 1.70. The van der Waals surface area contributed by atoms with Crippen molar-refractivity contribution in [3.8, 4) is 11.1 Å². The largest absolute Gasteiger partial charge is 0.467 e. The summed E-state index contributed by atoms with van der Waals surface area (Å²) in [5.41, 5.74) is 8.77. The van der Waals surface area contributed by atoms with Crippen molar-refractivity contribution < 1.29 is 9.21 Å². The van der Waals surface area contributed by atoms with E-state index in [4.69, 9.17) is 21.8 Å². The van der Waals surface area contributed by atoms with Crippen LogP contribution in [0.3, 0.4) is 0 Å². The maximum absolute atomic E-state index is 12.2. The molecule has 0 radical (unpaired) electrons. The van der Waals surface area contributed by atoms with Crippen molar-refractivity contribution in [2.75, 3.05) is 11.5 Å². The van der Waals surface area contributed by atoms with Gasteiger partial charge in [0.15, 0.2) is 5.16 Å². The third-order valence-corrected chi connectivity index (χ3v) is 5.24. The lowest BCUT2D eigenvalue weighted by atomic mass is 10.0. The Labute approximate surface area is 172 Å². The summed E-state index contributed by atoms with van der Waals surface area (Å²) in [6.45, 7) is 3.87. The number of nitrogens with one attached hydrogen (secondary N) is 1. The number of carbonyl (C=O) groups is 1. The normalized spacial score (nSPS) is 12.0. The summed E-state index contributed by atoms with van der Waals surface area (Å²) >= 11 is 7.22. The molecule has 1 aromatic carbocycles. The maximum atomic E-state index is 12.2. The topological polar surface area (TPSA) is 94.0 Å². The number of nitrogens with two attached hydrogens (primary N) is 1. The van der Waals surface area contributed by atoms with Crippen LogP contribution in [-0.4, -0.2) is 21.6 Å². The first-order valence-electron chi connectivity index (χ1n) is 8.85. The van der Waals surface area contributed by atoms with E-state index < -0.39 is 0 Å². The Bertz CT molecular complexity index is 946. The molecule has 28 heavy (non-hydrogen) atoms. The van der Waals surface area contributed by atoms with Crippen LogP contribution in [0.25, 0.3) is 11.1 Å². The second kappa shape index (κ2) is 9.12. The smallest absolute Gasteiger partial charge is 0.231 e. The minimum Gasteiger partial charge on any atom is -0.467 e. The van der Waals surface area contributed by atoms with Gasteiger partial charge in [-0.1, -0.05) is 42.4 Å². The van der Waals surface area contributed by atoms with Crippen LogP contribution >= 0.6 is 23.4 Å². The van der Waals surface area contributed by atoms with Crippen LogP contribution in [0.1, 0.15) is 31.3 Å². The number of anilines is 1. The highest BCUT2D eigenvalue weighted by molar-refractivity contribution is 7.99. The zero-order valence-electron chi connectivity index (χ0n) is 15.6. The predicted octanol–water partition coefficient (Wildman–Crippen LogP) is 4.50. The molecule has 2 aromatic heterocycles. The van der Waals surface area contributed by atoms with Gasteiger partial charge in [-0.15, -0.1) is 0 Å². The SMILES string of the molecule is CCc1nc(SCC(=O)N[C@H](C)c2ccco2)nc(N)c1-c1ccc(Cl)cc1. The molecular weight excluding hydrogens is 396 g/mol. The van der Waals surface area contributed by atoms with Crippen LogP contribution in [0.4, 0.5) is 5.82 Å². The van der Waals surface area contributed by atoms with Gasteiger partial charge < -0.3 is 15.5 Å². The van der Waals surface area contributed by atoms with E-state index in [1.54, 1.807) is 12.3 Å². The van der Waals surface area contributed by atoms with Crippen molar-refractivity contribution >= 4 is 35.1 Å². The molecule has 1 amide bonds. The van der Waals surface area contributed by atoms with Crippen LogP contribution < -0.4 is 11.1 Å². The summed E-state index contributed by atoms with van der Waals surface area (Å²) in [4.78, 5) is 21.2. The molecule has 0 unspecified atom stereocenters. The van der Waals surface area contributed by atoms with Crippen molar-refractivity contribution in [1.29, 1.82) is 0 Å². The van der Waals surface area contributed by atoms with E-state index in [0.29, 0.717) is 28.2 Å². The van der Waals surface area contributed by atoms with Gasteiger partial charge in [0.2, 0.25) is 5.91 Å². The van der Waals surface area contributed by atoms with E-state index >= 15 is 0 Å². The lowest BCUT2D eigenvalue weighted by molar-refractivity contribution is -0.119. The lowest BCUT2D eigenvalue weighted by Gasteiger charge is -2.13. The quantitative estimate of drug-likeness (QED) is 0.435. The predicted molar refractivity (Wildman–Crippen MR) is 112 cm³/mol. The van der Waals surface area contributed by atoms with Gasteiger partial charge in [-0.3, -0.25) is 4.79 Å². The molecule has 0 fully saturated rings. The Morgan fingerprint density at radius 1 is 1.29 bits per heavy atom. The van der Waals surface area contributed by atoms with Gasteiger partial charge in [0.25, 0.3) is 0 Å². The Morgan fingerprint density at radius 2 is 2.04 bits per heavy atom. The number of aryl methyl sites for hydroxylation is 1. The number of aromatic nitrogens is 2. The molecule has 0 saturated heterocycles. The van der Waals surface area contributed by atoms with Crippen LogP contribution in [0.5, 0.6) is 0 Å². The average Bonchev–Trinajstić information content (AvgIpc) is 3.22. The molecular formula is C20H21ClN4O2S. The van der Waals surface area contributed by atoms with E-state index in [2.05, 4.69) is 15.3 Å². The first-order chi connectivity index (χ1) is 13.5. The maximum Gasteiger partial charge on any atom is 0.231 e. The van der Waals surface area contributed by atoms with Gasteiger partial charge in [0.1, 0.15) is 11.6 Å². The van der Waals surface area contributed by atoms with Gasteiger partial charge in [0, 0.05) is 10.6 Å². The number of carbonyl (C=O) groups excluding carboxylic acids is 1. The van der Waals surface area contributed by atoms with E-state index in [-0.39, 0.29) is 17.7 Å². The number of rotatable bonds is 7. The van der Waals surface area contributed by atoms with Crippen molar-refractivity contribution in [3.63, 3.8) is 0 Å². The number of benzene rings is 1. The summed E-state index contributed by atoms with van der Waals surface area (Å²) in [5.74, 6) is 1.16. The van der Waals surface area contributed by atoms with E-state index in [1.807, 2.05) is 44.2 Å². The summed E-state index contributed by atoms with van der Waals surface area (Å²) in [6.07, 6.45) is 2.28. The van der Waals surface area contributed by atoms with E-state index in [0.717, 1.165) is 16.8 Å². The molecule has 3 N–H and O–H groups in total. The molecule has 146 valence electrons. The van der Waals surface area contributed by atoms with Crippen LogP contribution in [0.15, 0.2) is 52.2 Å². The van der Waals surface area contributed by atoms with Crippen molar-refractivity contribution in [2.45, 2.75) is 31.5 Å². The highest BCUT2D eigenvalue weighted by Crippen LogP contribution is 2.31. The monoisotopic (exact) mass is 416 g/mol. The number of amides is 1. The molecule has 2 heterocycles. The summed E-state index contributed by atoms with van der Waals surface area (Å²) in [5, 5.41) is 4.02. The number of hydrogen-bond acceptors (Lipinski definition) is 6. The number of halogens is 1. The molecule has 6 nitrogen and oxygen atoms in total. The first-order valence-corrected chi connectivity index (χ1v) is 10.2. The molecule has 0 aliphatic rings. The molecule has 1 atom stereocenters. The second-order valence-electron chi connectivity index (χ2n) is 6.17. The van der Waals surface area contributed by atoms with Crippen molar-refractivity contribution in [3.05, 3.63) is 59.1 Å². The highest BCUT2D eigenvalue weighted by Gasteiger charge is 2.16. The number of nitrogens with zero attached hydrogens (tertiary/aromatic N) is 2. The van der Waals surface area contributed by atoms with Crippen LogP contribution in [0.2, 0.25) is 5.02 Å². The Morgan fingerprint density at radius 3 is 2.68 bits per heavy atom. The number of furan rings is 1. The molecule has 3 rings (SSSR count). The van der Waals surface area contributed by atoms with Gasteiger partial charge in [-0.05, 0) is 43.2 Å². The van der Waals surface area contributed by atoms with Crippen molar-refractivity contribution in [2.24, 2.45) is 0 Å². The molecule has 3 aromatic rings. The van der Waals surface area contributed by atoms with Gasteiger partial charge in [-0.2, -0.15) is 0 Å². The first kappa shape index (κ1) is 20.2. The van der Waals surface area contributed by atoms with Crippen LogP contribution in [0, 0.1) is 0 Å². The summed E-state index contributed by atoms with van der Waals surface area (Å²) in [7, 11) is 0. The second-order valence-corrected chi connectivity index (χ2v) is 7.55. The van der Waals surface area contributed by atoms with E-state index in [9.17, 15) is 4.79 Å².